The molecule has 772 valence electrons. The fourth-order valence-corrected chi connectivity index (χ4v) is 9.85. The van der Waals surface area contributed by atoms with Gasteiger partial charge in [-0.1, -0.05) is 41.7 Å². The van der Waals surface area contributed by atoms with Crippen molar-refractivity contribution in [1.29, 1.82) is 0 Å². The lowest BCUT2D eigenvalue weighted by atomic mass is 10.3. The minimum atomic E-state index is -0.125. The standard InChI is InChI=1S/C21H36N10O4.C16H29N7O4.C13H26N4O4.C12H24N4O4.C11H22N4O4.3C2H6O2/c1-3-29-16-19(22-25-29)13-28(14-20-17-30(4-2)26-23-20)15-21-18-31(27-24-21)5-7-33-9-11-35-12-10-34-8-6-32;1-2-22-13-15(18-20-22)11-17-12-16-14-23(21-19-16)3-5-25-7-9-27-10-8-26-6-4-24;1-16(2)11-13-12-17(15-14-13)3-5-19-7-9-21-10-8-20-6-4-18;1-13-10-12-11-16(15-14-12)2-4-18-6-8-20-9-7-19-5-3-17;12-9-11-10-15(14-13-11)1-3-17-5-7-19-8-6-18-4-2-16;3*3-1-2-4/h16-18,32H,3-15H2,1-2H3;13-14,17,24H,2-12H2,1H3;12,18H,3-11H2,1-2H3;11,13,17H,2-10H2,1H3;10,16H,1-9,12H2;3*3-4H,1-2H2. The first-order valence-corrected chi connectivity index (χ1v) is 44.6. The van der Waals surface area contributed by atoms with Crippen LogP contribution in [0.3, 0.4) is 0 Å². The summed E-state index contributed by atoms with van der Waals surface area (Å²) in [4.78, 5) is 4.24. The van der Waals surface area contributed by atoms with Crippen LogP contribution in [0.4, 0.5) is 0 Å². The number of aromatic nitrogens is 24. The Bertz CT molecular complexity index is 3680. The Morgan fingerprint density at radius 2 is 0.433 bits per heavy atom. The molecule has 0 fully saturated rings. The molecule has 8 heterocycles. The van der Waals surface area contributed by atoms with Crippen molar-refractivity contribution in [2.45, 2.75) is 125 Å². The SMILES string of the molecule is CCn1cc(CN(Cc2cn(CC)nn2)Cc2cn(CCOCCOCCOCCO)nn2)nn1.CCn1cc(CNCc2cn(CCOCCOCCOCCO)nn2)nn1.CN(C)Cc1cn(CCOCCOCCOCCO)nn1.CNCc1cn(CCOCCOCCOCCO)nn1.NCc1cn(CCOCCOCCOCCO)nn1.OCCO.OCCO.OCCO. The second-order valence-corrected chi connectivity index (χ2v) is 27.4. The molecule has 8 rings (SSSR count). The highest BCUT2D eigenvalue weighted by molar-refractivity contribution is 5.01. The third-order valence-corrected chi connectivity index (χ3v) is 16.0. The summed E-state index contributed by atoms with van der Waals surface area (Å²) in [6.07, 6.45) is 15.3. The largest absolute Gasteiger partial charge is 0.394 e. The van der Waals surface area contributed by atoms with Gasteiger partial charge in [-0.3, -0.25) is 18.9 Å². The monoisotopic (exact) mass is 1930 g/mol. The molecule has 0 aliphatic heterocycles. The zero-order chi connectivity index (χ0) is 97.7. The van der Waals surface area contributed by atoms with Crippen LogP contribution in [-0.4, -0.2) is 478 Å². The molecule has 15 N–H and O–H groups in total. The number of nitrogens with zero attached hydrogens (tertiary/aromatic N) is 26. The molecule has 0 saturated carbocycles. The highest BCUT2D eigenvalue weighted by Crippen LogP contribution is 2.12. The van der Waals surface area contributed by atoms with Gasteiger partial charge in [-0.15, -0.1) is 40.8 Å². The minimum Gasteiger partial charge on any atom is -0.394 e. The van der Waals surface area contributed by atoms with Crippen LogP contribution < -0.4 is 16.4 Å². The van der Waals surface area contributed by atoms with E-state index in [4.69, 9.17) is 133 Å². The molecule has 134 heavy (non-hydrogen) atoms. The van der Waals surface area contributed by atoms with Crippen LogP contribution in [0, 0.1) is 0 Å². The molecule has 55 heteroatoms. The van der Waals surface area contributed by atoms with Crippen LogP contribution in [-0.2, 0) is 176 Å². The number of nitrogens with two attached hydrogens (primary N) is 1. The van der Waals surface area contributed by atoms with Gasteiger partial charge < -0.3 is 148 Å². The fourth-order valence-electron chi connectivity index (χ4n) is 9.85. The van der Waals surface area contributed by atoms with E-state index in [-0.39, 0.29) is 72.7 Å². The molecule has 0 radical (unpaired) electrons. The maximum atomic E-state index is 8.63. The Balaban J connectivity index is 0.000000825. The fraction of sp³-hybridized carbons (Fsp3) is 0.797. The van der Waals surface area contributed by atoms with Gasteiger partial charge in [0.15, 0.2) is 0 Å². The van der Waals surface area contributed by atoms with E-state index in [2.05, 4.69) is 98.0 Å². The van der Waals surface area contributed by atoms with E-state index in [1.165, 1.54) is 0 Å². The number of aliphatic hydroxyl groups excluding tert-OH is 11. The molecule has 0 amide bonds. The molecule has 0 aromatic carbocycles. The van der Waals surface area contributed by atoms with Crippen LogP contribution in [0.1, 0.15) is 66.3 Å². The van der Waals surface area contributed by atoms with Gasteiger partial charge in [0.1, 0.15) is 0 Å². The molecule has 0 aliphatic rings. The molecular formula is C79H155N29O26. The summed E-state index contributed by atoms with van der Waals surface area (Å²) in [5.41, 5.74) is 12.5. The lowest BCUT2D eigenvalue weighted by Crippen LogP contribution is -2.23. The third kappa shape index (κ3) is 73.2. The van der Waals surface area contributed by atoms with Crippen molar-refractivity contribution in [2.75, 3.05) is 292 Å². The van der Waals surface area contributed by atoms with Gasteiger partial charge in [-0.25, -0.2) is 23.4 Å². The van der Waals surface area contributed by atoms with Crippen molar-refractivity contribution < 1.29 is 127 Å². The van der Waals surface area contributed by atoms with Gasteiger partial charge in [-0.2, -0.15) is 0 Å². The number of rotatable bonds is 76. The lowest BCUT2D eigenvalue weighted by molar-refractivity contribution is 0.00627. The van der Waals surface area contributed by atoms with Crippen molar-refractivity contribution >= 4 is 0 Å². The van der Waals surface area contributed by atoms with Crippen molar-refractivity contribution in [2.24, 2.45) is 5.73 Å². The Hall–Kier alpha value is -8.12. The van der Waals surface area contributed by atoms with Gasteiger partial charge in [-0.05, 0) is 41.9 Å². The number of hydrogen-bond donors (Lipinski definition) is 14. The quantitative estimate of drug-likeness (QED) is 0.0158. The molecular weight excluding hydrogens is 1770 g/mol. The van der Waals surface area contributed by atoms with E-state index in [0.717, 1.165) is 71.7 Å². The van der Waals surface area contributed by atoms with Gasteiger partial charge in [0, 0.05) is 122 Å². The average molecular weight is 1930 g/mol. The van der Waals surface area contributed by atoms with E-state index in [1.54, 1.807) is 34.3 Å². The second-order valence-electron chi connectivity index (χ2n) is 27.4. The highest BCUT2D eigenvalue weighted by atomic mass is 16.6. The lowest BCUT2D eigenvalue weighted by Gasteiger charge is -2.18. The van der Waals surface area contributed by atoms with Crippen LogP contribution in [0.15, 0.2) is 49.6 Å². The summed E-state index contributed by atoms with van der Waals surface area (Å²) < 4.78 is 93.5. The van der Waals surface area contributed by atoms with E-state index >= 15 is 0 Å². The van der Waals surface area contributed by atoms with Gasteiger partial charge in [0.25, 0.3) is 0 Å². The number of nitrogens with one attached hydrogen (secondary N) is 2. The molecule has 0 atom stereocenters. The molecule has 0 spiro atoms. The van der Waals surface area contributed by atoms with Crippen molar-refractivity contribution in [1.82, 2.24) is 140 Å². The Morgan fingerprint density at radius 3 is 0.642 bits per heavy atom. The summed E-state index contributed by atoms with van der Waals surface area (Å²) in [5, 5.41) is 160. The summed E-state index contributed by atoms with van der Waals surface area (Å²) in [6.45, 7) is 30.7. The summed E-state index contributed by atoms with van der Waals surface area (Å²) in [5.74, 6) is 0. The smallest absolute Gasteiger partial charge is 0.0967 e. The molecule has 0 saturated heterocycles. The number of aryl methyl sites for hydroxylation is 3. The van der Waals surface area contributed by atoms with Crippen LogP contribution in [0.25, 0.3) is 0 Å². The first kappa shape index (κ1) is 124. The molecule has 8 aromatic heterocycles. The second kappa shape index (κ2) is 92.6. The number of ether oxygens (including phenoxy) is 15. The van der Waals surface area contributed by atoms with E-state index < -0.39 is 0 Å². The summed E-state index contributed by atoms with van der Waals surface area (Å²) in [6, 6.07) is 0. The van der Waals surface area contributed by atoms with Crippen molar-refractivity contribution in [3.63, 3.8) is 0 Å². The van der Waals surface area contributed by atoms with Crippen LogP contribution in [0.5, 0.6) is 0 Å². The summed E-state index contributed by atoms with van der Waals surface area (Å²) in [7, 11) is 5.87. The molecule has 0 bridgehead atoms. The van der Waals surface area contributed by atoms with Crippen molar-refractivity contribution in [3.8, 4) is 0 Å². The van der Waals surface area contributed by atoms with Crippen molar-refractivity contribution in [3.05, 3.63) is 95.1 Å². The Kier molecular flexibility index (Phi) is 85.6. The first-order valence-electron chi connectivity index (χ1n) is 44.6. The van der Waals surface area contributed by atoms with Crippen LogP contribution >= 0.6 is 0 Å². The molecule has 0 aliphatic carbocycles. The highest BCUT2D eigenvalue weighted by Gasteiger charge is 2.16. The Labute approximate surface area is 783 Å². The van der Waals surface area contributed by atoms with Gasteiger partial charge >= 0.3 is 0 Å². The zero-order valence-electron chi connectivity index (χ0n) is 79.2. The maximum absolute atomic E-state index is 8.63. The van der Waals surface area contributed by atoms with Gasteiger partial charge in [0.2, 0.25) is 0 Å². The normalized spacial score (nSPS) is 11.0. The molecule has 55 nitrogen and oxygen atoms in total. The van der Waals surface area contributed by atoms with Gasteiger partial charge in [0.05, 0.1) is 349 Å². The predicted molar refractivity (Wildman–Crippen MR) is 479 cm³/mol. The topological polar surface area (TPSA) is 663 Å². The predicted octanol–water partition coefficient (Wildman–Crippen LogP) is -6.92. The Morgan fingerprint density at radius 1 is 0.246 bits per heavy atom. The van der Waals surface area contributed by atoms with E-state index in [0.29, 0.717) is 277 Å². The van der Waals surface area contributed by atoms with E-state index in [1.807, 2.05) is 99.6 Å². The third-order valence-electron chi connectivity index (χ3n) is 16.0. The minimum absolute atomic E-state index is 0.0226. The number of aliphatic hydroxyl groups is 11. The first-order chi connectivity index (χ1) is 65.7. The molecule has 8 aromatic rings. The van der Waals surface area contributed by atoms with E-state index in [9.17, 15) is 0 Å². The van der Waals surface area contributed by atoms with Crippen LogP contribution in [0.2, 0.25) is 0 Å². The molecule has 0 unspecified atom stereocenters. The average Bonchev–Trinajstić information content (AvgIpc) is 1.72. The summed E-state index contributed by atoms with van der Waals surface area (Å²) >= 11 is 0. The number of hydrogen-bond acceptors (Lipinski definition) is 47. The zero-order valence-corrected chi connectivity index (χ0v) is 79.2. The maximum Gasteiger partial charge on any atom is 0.0967 e.